The Hall–Kier alpha value is -2.59. The largest absolute Gasteiger partial charge is 0.378 e. The number of fused-ring (bicyclic) bond motifs is 1. The molecule has 1 aliphatic rings. The molecule has 1 fully saturated rings. The normalized spacial score (nSPS) is 14.5. The van der Waals surface area contributed by atoms with Crippen LogP contribution in [0.2, 0.25) is 0 Å². The van der Waals surface area contributed by atoms with Gasteiger partial charge in [0, 0.05) is 43.2 Å². The van der Waals surface area contributed by atoms with Crippen molar-refractivity contribution in [2.45, 2.75) is 32.7 Å². The van der Waals surface area contributed by atoms with E-state index in [2.05, 4.69) is 66.2 Å². The Morgan fingerprint density at radius 1 is 1.04 bits per heavy atom. The van der Waals surface area contributed by atoms with E-state index in [9.17, 15) is 4.79 Å². The third kappa shape index (κ3) is 4.28. The molecule has 0 atom stereocenters. The molecule has 2 heterocycles. The molecule has 0 saturated carbocycles. The van der Waals surface area contributed by atoms with Crippen LogP contribution < -0.4 is 0 Å². The Bertz CT molecular complexity index is 937. The second kappa shape index (κ2) is 8.61. The molecule has 3 aromatic rings. The molecule has 28 heavy (non-hydrogen) atoms. The second-order valence-corrected chi connectivity index (χ2v) is 7.63. The van der Waals surface area contributed by atoms with Crippen LogP contribution in [0.1, 0.15) is 29.5 Å². The number of carbonyl (C=O) groups is 1. The van der Waals surface area contributed by atoms with Crippen molar-refractivity contribution in [1.29, 1.82) is 0 Å². The average Bonchev–Trinajstić information content (AvgIpc) is 3.08. The standard InChI is InChI=1S/C24H28N2O2/c1-19-9-11-20(12-10-19)17-26-18-21(22-6-2-3-7-23(22)26)5-4-8-24(27)25-13-15-28-16-14-25/h2-3,6-7,9-12,18H,4-5,8,13-17H2,1H3. The Morgan fingerprint density at radius 2 is 1.79 bits per heavy atom. The lowest BCUT2D eigenvalue weighted by atomic mass is 10.1. The van der Waals surface area contributed by atoms with Gasteiger partial charge in [0.05, 0.1) is 13.2 Å². The molecule has 4 nitrogen and oxygen atoms in total. The van der Waals surface area contributed by atoms with E-state index >= 15 is 0 Å². The topological polar surface area (TPSA) is 34.5 Å². The molecule has 0 unspecified atom stereocenters. The predicted molar refractivity (Wildman–Crippen MR) is 113 cm³/mol. The molecule has 0 bridgehead atoms. The van der Waals surface area contributed by atoms with Gasteiger partial charge < -0.3 is 14.2 Å². The zero-order chi connectivity index (χ0) is 19.3. The number of ether oxygens (including phenoxy) is 1. The molecule has 146 valence electrons. The summed E-state index contributed by atoms with van der Waals surface area (Å²) in [6, 6.07) is 17.3. The van der Waals surface area contributed by atoms with E-state index in [1.54, 1.807) is 0 Å². The van der Waals surface area contributed by atoms with Crippen molar-refractivity contribution in [2.24, 2.45) is 0 Å². The molecule has 1 aliphatic heterocycles. The van der Waals surface area contributed by atoms with E-state index in [-0.39, 0.29) is 5.91 Å². The summed E-state index contributed by atoms with van der Waals surface area (Å²) in [6.45, 7) is 5.78. The van der Waals surface area contributed by atoms with Crippen LogP contribution in [0.15, 0.2) is 54.7 Å². The van der Waals surface area contributed by atoms with Gasteiger partial charge in [0.15, 0.2) is 0 Å². The molecule has 2 aromatic carbocycles. The van der Waals surface area contributed by atoms with Crippen molar-refractivity contribution in [3.63, 3.8) is 0 Å². The van der Waals surface area contributed by atoms with E-state index in [0.29, 0.717) is 19.6 Å². The maximum atomic E-state index is 12.4. The highest BCUT2D eigenvalue weighted by atomic mass is 16.5. The number of amides is 1. The van der Waals surface area contributed by atoms with Gasteiger partial charge in [-0.3, -0.25) is 4.79 Å². The first-order valence-corrected chi connectivity index (χ1v) is 10.2. The fourth-order valence-corrected chi connectivity index (χ4v) is 3.94. The lowest BCUT2D eigenvalue weighted by molar-refractivity contribution is -0.135. The van der Waals surface area contributed by atoms with Gasteiger partial charge in [0.25, 0.3) is 0 Å². The number of hydrogen-bond acceptors (Lipinski definition) is 2. The minimum absolute atomic E-state index is 0.256. The number of morpholine rings is 1. The zero-order valence-corrected chi connectivity index (χ0v) is 16.6. The van der Waals surface area contributed by atoms with Crippen molar-refractivity contribution < 1.29 is 9.53 Å². The van der Waals surface area contributed by atoms with Crippen molar-refractivity contribution in [2.75, 3.05) is 26.3 Å². The summed E-state index contributed by atoms with van der Waals surface area (Å²) < 4.78 is 7.67. The summed E-state index contributed by atoms with van der Waals surface area (Å²) in [6.07, 6.45) is 4.69. The monoisotopic (exact) mass is 376 g/mol. The van der Waals surface area contributed by atoms with E-state index in [0.717, 1.165) is 32.5 Å². The second-order valence-electron chi connectivity index (χ2n) is 7.63. The molecular formula is C24H28N2O2. The van der Waals surface area contributed by atoms with Crippen molar-refractivity contribution in [3.8, 4) is 0 Å². The van der Waals surface area contributed by atoms with Crippen LogP contribution in [-0.2, 0) is 22.5 Å². The number of para-hydroxylation sites is 1. The van der Waals surface area contributed by atoms with Gasteiger partial charge in [-0.1, -0.05) is 48.0 Å². The van der Waals surface area contributed by atoms with Crippen molar-refractivity contribution >= 4 is 16.8 Å². The highest BCUT2D eigenvalue weighted by molar-refractivity contribution is 5.84. The molecule has 0 spiro atoms. The van der Waals surface area contributed by atoms with E-state index in [4.69, 9.17) is 4.74 Å². The predicted octanol–water partition coefficient (Wildman–Crippen LogP) is 4.18. The first-order chi connectivity index (χ1) is 13.7. The minimum Gasteiger partial charge on any atom is -0.378 e. The van der Waals surface area contributed by atoms with Crippen LogP contribution in [0.3, 0.4) is 0 Å². The van der Waals surface area contributed by atoms with Crippen LogP contribution in [0.4, 0.5) is 0 Å². The van der Waals surface area contributed by atoms with Gasteiger partial charge in [-0.25, -0.2) is 0 Å². The van der Waals surface area contributed by atoms with Crippen molar-refractivity contribution in [3.05, 3.63) is 71.4 Å². The molecule has 1 amide bonds. The summed E-state index contributed by atoms with van der Waals surface area (Å²) in [5.41, 5.74) is 5.18. The number of aromatic nitrogens is 1. The van der Waals surface area contributed by atoms with Crippen molar-refractivity contribution in [1.82, 2.24) is 9.47 Å². The number of nitrogens with zero attached hydrogens (tertiary/aromatic N) is 2. The highest BCUT2D eigenvalue weighted by Gasteiger charge is 2.16. The Balaban J connectivity index is 1.45. The molecule has 0 aliphatic carbocycles. The fraction of sp³-hybridized carbons (Fsp3) is 0.375. The maximum absolute atomic E-state index is 12.4. The lowest BCUT2D eigenvalue weighted by Gasteiger charge is -2.26. The first-order valence-electron chi connectivity index (χ1n) is 10.2. The van der Waals surface area contributed by atoms with Crippen LogP contribution >= 0.6 is 0 Å². The number of aryl methyl sites for hydroxylation is 2. The zero-order valence-electron chi connectivity index (χ0n) is 16.6. The third-order valence-corrected chi connectivity index (χ3v) is 5.55. The van der Waals surface area contributed by atoms with Gasteiger partial charge in [0.2, 0.25) is 5.91 Å². The van der Waals surface area contributed by atoms with Gasteiger partial charge >= 0.3 is 0 Å². The Kier molecular flexibility index (Phi) is 5.77. The van der Waals surface area contributed by atoms with Gasteiger partial charge in [-0.2, -0.15) is 0 Å². The number of hydrogen-bond donors (Lipinski definition) is 0. The van der Waals surface area contributed by atoms with E-state index < -0.39 is 0 Å². The third-order valence-electron chi connectivity index (χ3n) is 5.55. The summed E-state index contributed by atoms with van der Waals surface area (Å²) in [7, 11) is 0. The summed E-state index contributed by atoms with van der Waals surface area (Å²) in [5, 5.41) is 1.30. The molecule has 4 rings (SSSR count). The van der Waals surface area contributed by atoms with Gasteiger partial charge in [0.1, 0.15) is 0 Å². The van der Waals surface area contributed by atoms with Crippen LogP contribution in [0.5, 0.6) is 0 Å². The molecule has 1 aromatic heterocycles. The average molecular weight is 377 g/mol. The van der Waals surface area contributed by atoms with Gasteiger partial charge in [-0.15, -0.1) is 0 Å². The Labute approximate surface area is 166 Å². The maximum Gasteiger partial charge on any atom is 0.222 e. The SMILES string of the molecule is Cc1ccc(Cn2cc(CCCC(=O)N3CCOCC3)c3ccccc32)cc1. The summed E-state index contributed by atoms with van der Waals surface area (Å²) >= 11 is 0. The first kappa shape index (κ1) is 18.8. The molecule has 4 heteroatoms. The lowest BCUT2D eigenvalue weighted by Crippen LogP contribution is -2.40. The fourth-order valence-electron chi connectivity index (χ4n) is 3.94. The van der Waals surface area contributed by atoms with E-state index in [1.807, 2.05) is 4.90 Å². The molecule has 0 radical (unpaired) electrons. The smallest absolute Gasteiger partial charge is 0.222 e. The summed E-state index contributed by atoms with van der Waals surface area (Å²) in [5.74, 6) is 0.256. The molecular weight excluding hydrogens is 348 g/mol. The molecule has 1 saturated heterocycles. The number of rotatable bonds is 6. The molecule has 0 N–H and O–H groups in total. The van der Waals surface area contributed by atoms with Crippen LogP contribution in [0, 0.1) is 6.92 Å². The van der Waals surface area contributed by atoms with E-state index in [1.165, 1.54) is 27.6 Å². The van der Waals surface area contributed by atoms with Crippen LogP contribution in [-0.4, -0.2) is 41.7 Å². The number of benzene rings is 2. The minimum atomic E-state index is 0.256. The highest BCUT2D eigenvalue weighted by Crippen LogP contribution is 2.24. The number of carbonyl (C=O) groups excluding carboxylic acids is 1. The van der Waals surface area contributed by atoms with Crippen LogP contribution in [0.25, 0.3) is 10.9 Å². The van der Waals surface area contributed by atoms with Gasteiger partial charge in [-0.05, 0) is 37.0 Å². The summed E-state index contributed by atoms with van der Waals surface area (Å²) in [4.78, 5) is 14.3. The Morgan fingerprint density at radius 3 is 2.57 bits per heavy atom. The quantitative estimate of drug-likeness (QED) is 0.647.